The molecule has 3 N–H and O–H groups in total. The Kier molecular flexibility index (Phi) is 7.42. The molecule has 1 aliphatic heterocycles. The largest absolute Gasteiger partial charge is 0.343 e. The number of thiazole rings is 1. The zero-order chi connectivity index (χ0) is 24.0. The fourth-order valence-electron chi connectivity index (χ4n) is 4.83. The molecular weight excluding hydrogens is 460 g/mol. The van der Waals surface area contributed by atoms with E-state index in [0.29, 0.717) is 31.9 Å². The molecule has 3 amide bonds. The Morgan fingerprint density at radius 3 is 2.77 bits per heavy atom. The number of aromatic amines is 1. The molecule has 3 heterocycles. The second-order valence-corrected chi connectivity index (χ2v) is 10.2. The molecule has 35 heavy (non-hydrogen) atoms. The summed E-state index contributed by atoms with van der Waals surface area (Å²) in [5.74, 6) is 0.808. The van der Waals surface area contributed by atoms with Crippen LogP contribution in [-0.2, 0) is 6.54 Å². The lowest BCUT2D eigenvalue weighted by atomic mass is 9.97. The maximum atomic E-state index is 12.6. The van der Waals surface area contributed by atoms with Crippen molar-refractivity contribution in [3.8, 4) is 0 Å². The van der Waals surface area contributed by atoms with Gasteiger partial charge in [-0.25, -0.2) is 14.8 Å². The van der Waals surface area contributed by atoms with Crippen LogP contribution in [0.2, 0.25) is 0 Å². The van der Waals surface area contributed by atoms with Crippen LogP contribution in [0.3, 0.4) is 0 Å². The van der Waals surface area contributed by atoms with Gasteiger partial charge in [0.2, 0.25) is 0 Å². The zero-order valence-corrected chi connectivity index (χ0v) is 20.7. The number of aromatic nitrogens is 3. The number of rotatable bonds is 7. The summed E-state index contributed by atoms with van der Waals surface area (Å²) in [6.07, 6.45) is 9.95. The number of nitrogens with zero attached hydrogens (tertiary/aromatic N) is 3. The number of imidazole rings is 1. The highest BCUT2D eigenvalue weighted by Crippen LogP contribution is 2.30. The molecule has 1 aromatic carbocycles. The third-order valence-electron chi connectivity index (χ3n) is 6.85. The van der Waals surface area contributed by atoms with Gasteiger partial charge in [-0.3, -0.25) is 4.79 Å². The van der Waals surface area contributed by atoms with Crippen LogP contribution in [0.25, 0.3) is 11.0 Å². The summed E-state index contributed by atoms with van der Waals surface area (Å²) in [6, 6.07) is 7.82. The Bertz CT molecular complexity index is 1170. The molecule has 0 spiro atoms. The van der Waals surface area contributed by atoms with Crippen LogP contribution in [0.4, 0.5) is 4.79 Å². The molecule has 2 aromatic heterocycles. The fourth-order valence-corrected chi connectivity index (χ4v) is 5.80. The van der Waals surface area contributed by atoms with Crippen molar-refractivity contribution >= 4 is 34.3 Å². The number of carbonyl (C=O) groups is 2. The molecule has 9 heteroatoms. The van der Waals surface area contributed by atoms with Gasteiger partial charge >= 0.3 is 6.03 Å². The lowest BCUT2D eigenvalue weighted by molar-refractivity contribution is 0.0945. The number of benzene rings is 1. The molecule has 0 atom stereocenters. The van der Waals surface area contributed by atoms with Crippen LogP contribution in [-0.4, -0.2) is 51.4 Å². The van der Waals surface area contributed by atoms with E-state index in [1.54, 1.807) is 0 Å². The van der Waals surface area contributed by atoms with Crippen molar-refractivity contribution in [2.45, 2.75) is 57.4 Å². The number of allylic oxidation sites excluding steroid dienone is 1. The number of urea groups is 1. The van der Waals surface area contributed by atoms with E-state index in [4.69, 9.17) is 0 Å². The third-order valence-corrected chi connectivity index (χ3v) is 7.86. The van der Waals surface area contributed by atoms with E-state index in [-0.39, 0.29) is 17.9 Å². The van der Waals surface area contributed by atoms with Crippen molar-refractivity contribution < 1.29 is 9.59 Å². The predicted octanol–water partition coefficient (Wildman–Crippen LogP) is 4.73. The molecule has 1 saturated heterocycles. The SMILES string of the molecule is O=C(NCc1nc2ccccc2[nH]1)c1csc(C2CCN(C(=O)NCCC3=CCCCC3)CC2)n1. The fraction of sp³-hybridized carbons (Fsp3) is 0.462. The van der Waals surface area contributed by atoms with Gasteiger partial charge in [0.1, 0.15) is 11.5 Å². The maximum Gasteiger partial charge on any atom is 0.317 e. The Morgan fingerprint density at radius 2 is 1.97 bits per heavy atom. The third kappa shape index (κ3) is 5.90. The highest BCUT2D eigenvalue weighted by Gasteiger charge is 2.26. The monoisotopic (exact) mass is 492 g/mol. The number of carbonyl (C=O) groups excluding carboxylic acids is 2. The van der Waals surface area contributed by atoms with Crippen LogP contribution in [0.1, 0.15) is 72.2 Å². The highest BCUT2D eigenvalue weighted by atomic mass is 32.1. The van der Waals surface area contributed by atoms with Gasteiger partial charge in [-0.15, -0.1) is 11.3 Å². The van der Waals surface area contributed by atoms with E-state index in [1.807, 2.05) is 34.5 Å². The number of hydrogen-bond acceptors (Lipinski definition) is 5. The van der Waals surface area contributed by atoms with Gasteiger partial charge in [0.05, 0.1) is 22.6 Å². The van der Waals surface area contributed by atoms with E-state index in [2.05, 4.69) is 31.7 Å². The molecule has 2 aliphatic rings. The molecule has 1 aliphatic carbocycles. The summed E-state index contributed by atoms with van der Waals surface area (Å²) in [7, 11) is 0. The number of H-pyrrole nitrogens is 1. The highest BCUT2D eigenvalue weighted by molar-refractivity contribution is 7.09. The predicted molar refractivity (Wildman–Crippen MR) is 137 cm³/mol. The van der Waals surface area contributed by atoms with Gasteiger partial charge in [0.25, 0.3) is 5.91 Å². The van der Waals surface area contributed by atoms with Crippen LogP contribution in [0, 0.1) is 0 Å². The first kappa shape index (κ1) is 23.5. The quantitative estimate of drug-likeness (QED) is 0.415. The summed E-state index contributed by atoms with van der Waals surface area (Å²) in [5, 5.41) is 8.78. The van der Waals surface area contributed by atoms with Crippen LogP contribution in [0.5, 0.6) is 0 Å². The Morgan fingerprint density at radius 1 is 1.11 bits per heavy atom. The Hall–Kier alpha value is -3.20. The van der Waals surface area contributed by atoms with Crippen molar-refractivity contribution in [3.05, 3.63) is 57.8 Å². The number of likely N-dealkylation sites (tertiary alicyclic amines) is 1. The van der Waals surface area contributed by atoms with Gasteiger partial charge in [-0.05, 0) is 57.1 Å². The van der Waals surface area contributed by atoms with Crippen molar-refractivity contribution in [2.75, 3.05) is 19.6 Å². The van der Waals surface area contributed by atoms with E-state index in [9.17, 15) is 9.59 Å². The summed E-state index contributed by atoms with van der Waals surface area (Å²) in [6.45, 7) is 2.47. The first-order chi connectivity index (χ1) is 17.2. The summed E-state index contributed by atoms with van der Waals surface area (Å²) >= 11 is 1.53. The zero-order valence-electron chi connectivity index (χ0n) is 19.9. The first-order valence-corrected chi connectivity index (χ1v) is 13.4. The number of hydrogen-bond donors (Lipinski definition) is 3. The first-order valence-electron chi connectivity index (χ1n) is 12.5. The van der Waals surface area contributed by atoms with Crippen molar-refractivity contribution in [2.24, 2.45) is 0 Å². The maximum absolute atomic E-state index is 12.6. The normalized spacial score (nSPS) is 16.8. The number of fused-ring (bicyclic) bond motifs is 1. The van der Waals surface area contributed by atoms with E-state index in [1.165, 1.54) is 42.6 Å². The molecular formula is C26H32N6O2S. The number of nitrogens with one attached hydrogen (secondary N) is 3. The van der Waals surface area contributed by atoms with E-state index >= 15 is 0 Å². The topological polar surface area (TPSA) is 103 Å². The standard InChI is InChI=1S/C26H32N6O2S/c33-24(28-16-23-29-20-8-4-5-9-21(20)30-23)22-17-35-25(31-22)19-11-14-32(15-12-19)26(34)27-13-10-18-6-2-1-3-7-18/h4-6,8-9,17,19H,1-3,7,10-16H2,(H,27,34)(H,28,33)(H,29,30). The Balaban J connectivity index is 1.06. The second-order valence-electron chi connectivity index (χ2n) is 9.31. The summed E-state index contributed by atoms with van der Waals surface area (Å²) in [5.41, 5.74) is 3.76. The molecule has 8 nitrogen and oxygen atoms in total. The smallest absolute Gasteiger partial charge is 0.317 e. The molecule has 0 unspecified atom stereocenters. The van der Waals surface area contributed by atoms with Crippen molar-refractivity contribution in [1.29, 1.82) is 0 Å². The number of piperidine rings is 1. The second kappa shape index (κ2) is 11.0. The molecule has 0 bridgehead atoms. The van der Waals surface area contributed by atoms with Crippen LogP contribution >= 0.6 is 11.3 Å². The van der Waals surface area contributed by atoms with Gasteiger partial charge < -0.3 is 20.5 Å². The van der Waals surface area contributed by atoms with Crippen molar-refractivity contribution in [1.82, 2.24) is 30.5 Å². The summed E-state index contributed by atoms with van der Waals surface area (Å²) < 4.78 is 0. The van der Waals surface area contributed by atoms with Gasteiger partial charge in [-0.2, -0.15) is 0 Å². The van der Waals surface area contributed by atoms with Crippen LogP contribution < -0.4 is 10.6 Å². The lowest BCUT2D eigenvalue weighted by Gasteiger charge is -2.31. The minimum absolute atomic E-state index is 0.0321. The average molecular weight is 493 g/mol. The molecule has 0 radical (unpaired) electrons. The van der Waals surface area contributed by atoms with E-state index < -0.39 is 0 Å². The minimum Gasteiger partial charge on any atom is -0.343 e. The van der Waals surface area contributed by atoms with Gasteiger partial charge in [-0.1, -0.05) is 23.8 Å². The molecule has 5 rings (SSSR count). The van der Waals surface area contributed by atoms with Gasteiger partial charge in [0, 0.05) is 30.9 Å². The number of amides is 3. The molecule has 3 aromatic rings. The minimum atomic E-state index is -0.196. The Labute approximate surface area is 209 Å². The molecule has 184 valence electrons. The van der Waals surface area contributed by atoms with Gasteiger partial charge in [0.15, 0.2) is 0 Å². The van der Waals surface area contributed by atoms with Crippen LogP contribution in [0.15, 0.2) is 41.3 Å². The van der Waals surface area contributed by atoms with E-state index in [0.717, 1.165) is 41.1 Å². The molecule has 1 fully saturated rings. The van der Waals surface area contributed by atoms with Crippen molar-refractivity contribution in [3.63, 3.8) is 0 Å². The lowest BCUT2D eigenvalue weighted by Crippen LogP contribution is -2.44. The summed E-state index contributed by atoms with van der Waals surface area (Å²) in [4.78, 5) is 39.4. The molecule has 0 saturated carbocycles. The number of para-hydroxylation sites is 2. The average Bonchev–Trinajstić information content (AvgIpc) is 3.55.